The van der Waals surface area contributed by atoms with Gasteiger partial charge in [0.05, 0.1) is 11.3 Å². The Bertz CT molecular complexity index is 573. The number of carbonyl (C=O) groups is 1. The molecule has 0 amide bonds. The molecule has 1 heterocycles. The van der Waals surface area contributed by atoms with E-state index in [9.17, 15) is 4.79 Å². The number of aromatic nitrogens is 2. The summed E-state index contributed by atoms with van der Waals surface area (Å²) >= 11 is 0. The molecule has 0 atom stereocenters. The minimum atomic E-state index is 0.332. The summed E-state index contributed by atoms with van der Waals surface area (Å²) in [5, 5.41) is 4.40. The van der Waals surface area contributed by atoms with Crippen LogP contribution >= 0.6 is 0 Å². The highest BCUT2D eigenvalue weighted by Crippen LogP contribution is 2.19. The van der Waals surface area contributed by atoms with E-state index in [4.69, 9.17) is 4.74 Å². The normalized spacial score (nSPS) is 10.7. The van der Waals surface area contributed by atoms with E-state index in [1.165, 1.54) is 0 Å². The van der Waals surface area contributed by atoms with Gasteiger partial charge in [-0.3, -0.25) is 9.48 Å². The Kier molecular flexibility index (Phi) is 4.00. The first-order valence-electron chi connectivity index (χ1n) is 6.33. The fraction of sp³-hybridized carbons (Fsp3) is 0.333. The topological polar surface area (TPSA) is 44.1 Å². The van der Waals surface area contributed by atoms with E-state index in [0.717, 1.165) is 17.5 Å². The van der Waals surface area contributed by atoms with Crippen molar-refractivity contribution in [1.29, 1.82) is 0 Å². The first-order valence-corrected chi connectivity index (χ1v) is 6.33. The number of hydrogen-bond donors (Lipinski definition) is 0. The maximum absolute atomic E-state index is 11.0. The Morgan fingerprint density at radius 2 is 2.16 bits per heavy atom. The lowest BCUT2D eigenvalue weighted by Crippen LogP contribution is -2.04. The van der Waals surface area contributed by atoms with Crippen LogP contribution < -0.4 is 4.74 Å². The second kappa shape index (κ2) is 5.69. The van der Waals surface area contributed by atoms with Crippen LogP contribution in [0.4, 0.5) is 0 Å². The van der Waals surface area contributed by atoms with Crippen LogP contribution in [0.25, 0.3) is 0 Å². The number of benzene rings is 1. The summed E-state index contributed by atoms with van der Waals surface area (Å²) in [4.78, 5) is 11.0. The van der Waals surface area contributed by atoms with E-state index < -0.39 is 0 Å². The lowest BCUT2D eigenvalue weighted by Gasteiger charge is -2.08. The smallest absolute Gasteiger partial charge is 0.153 e. The molecule has 0 unspecified atom stereocenters. The van der Waals surface area contributed by atoms with Crippen molar-refractivity contribution in [2.24, 2.45) is 0 Å². The predicted molar refractivity (Wildman–Crippen MR) is 73.5 cm³/mol. The first kappa shape index (κ1) is 13.3. The van der Waals surface area contributed by atoms with Gasteiger partial charge >= 0.3 is 0 Å². The highest BCUT2D eigenvalue weighted by molar-refractivity contribution is 5.79. The number of aryl methyl sites for hydroxylation is 1. The predicted octanol–water partition coefficient (Wildman–Crippen LogP) is 3.16. The van der Waals surface area contributed by atoms with E-state index in [2.05, 4.69) is 18.9 Å². The number of ether oxygens (including phenoxy) is 1. The van der Waals surface area contributed by atoms with Crippen molar-refractivity contribution in [2.75, 3.05) is 0 Å². The van der Waals surface area contributed by atoms with Gasteiger partial charge in [0.15, 0.2) is 6.29 Å². The van der Waals surface area contributed by atoms with Gasteiger partial charge in [-0.15, -0.1) is 0 Å². The van der Waals surface area contributed by atoms with Crippen LogP contribution in [0, 0.1) is 6.92 Å². The number of nitrogens with zero attached hydrogens (tertiary/aromatic N) is 2. The van der Waals surface area contributed by atoms with Gasteiger partial charge in [0, 0.05) is 12.2 Å². The van der Waals surface area contributed by atoms with Crippen LogP contribution in [-0.4, -0.2) is 16.1 Å². The van der Waals surface area contributed by atoms with Crippen LogP contribution in [0.2, 0.25) is 0 Å². The van der Waals surface area contributed by atoms with Gasteiger partial charge in [-0.25, -0.2) is 0 Å². The van der Waals surface area contributed by atoms with Crippen molar-refractivity contribution in [1.82, 2.24) is 9.78 Å². The van der Waals surface area contributed by atoms with E-state index in [1.807, 2.05) is 42.1 Å². The minimum Gasteiger partial charge on any atom is -0.486 e. The van der Waals surface area contributed by atoms with Crippen molar-refractivity contribution in [3.05, 3.63) is 47.3 Å². The molecule has 0 aliphatic heterocycles. The molecule has 0 fully saturated rings. The number of hydrogen-bond acceptors (Lipinski definition) is 3. The molecule has 0 bridgehead atoms. The van der Waals surface area contributed by atoms with Crippen LogP contribution in [-0.2, 0) is 6.61 Å². The lowest BCUT2D eigenvalue weighted by molar-refractivity contribution is 0.111. The Morgan fingerprint density at radius 1 is 1.37 bits per heavy atom. The van der Waals surface area contributed by atoms with Gasteiger partial charge in [0.2, 0.25) is 0 Å². The summed E-state index contributed by atoms with van der Waals surface area (Å²) in [5.41, 5.74) is 2.47. The van der Waals surface area contributed by atoms with E-state index >= 15 is 0 Å². The van der Waals surface area contributed by atoms with Crippen LogP contribution in [0.3, 0.4) is 0 Å². The third kappa shape index (κ3) is 3.22. The van der Waals surface area contributed by atoms with Crippen molar-refractivity contribution in [2.45, 2.75) is 33.4 Å². The van der Waals surface area contributed by atoms with Gasteiger partial charge in [0.25, 0.3) is 0 Å². The Balaban J connectivity index is 2.07. The third-order valence-electron chi connectivity index (χ3n) is 2.86. The molecule has 0 saturated heterocycles. The van der Waals surface area contributed by atoms with Crippen molar-refractivity contribution in [3.8, 4) is 5.75 Å². The standard InChI is InChI=1S/C15H18N2O2/c1-11(2)17-7-6-14(16-17)10-19-15-5-4-12(3)8-13(15)9-18/h4-9,11H,10H2,1-3H3. The summed E-state index contributed by atoms with van der Waals surface area (Å²) < 4.78 is 7.54. The number of aldehydes is 1. The molecule has 1 aromatic carbocycles. The Labute approximate surface area is 113 Å². The van der Waals surface area contributed by atoms with Gasteiger partial charge < -0.3 is 4.74 Å². The molecule has 0 N–H and O–H groups in total. The average molecular weight is 258 g/mol. The van der Waals surface area contributed by atoms with E-state index in [0.29, 0.717) is 24.0 Å². The fourth-order valence-electron chi connectivity index (χ4n) is 1.79. The zero-order valence-electron chi connectivity index (χ0n) is 11.5. The Morgan fingerprint density at radius 3 is 2.79 bits per heavy atom. The molecule has 1 aromatic heterocycles. The Hall–Kier alpha value is -2.10. The maximum Gasteiger partial charge on any atom is 0.153 e. The van der Waals surface area contributed by atoms with Gasteiger partial charge in [-0.05, 0) is 39.0 Å². The van der Waals surface area contributed by atoms with Gasteiger partial charge in [-0.2, -0.15) is 5.10 Å². The zero-order chi connectivity index (χ0) is 13.8. The molecule has 0 aliphatic rings. The highest BCUT2D eigenvalue weighted by Gasteiger charge is 2.06. The van der Waals surface area contributed by atoms with Crippen molar-refractivity contribution < 1.29 is 9.53 Å². The fourth-order valence-corrected chi connectivity index (χ4v) is 1.79. The molecule has 2 aromatic rings. The molecule has 0 spiro atoms. The van der Waals surface area contributed by atoms with Crippen molar-refractivity contribution in [3.63, 3.8) is 0 Å². The molecular weight excluding hydrogens is 240 g/mol. The van der Waals surface area contributed by atoms with E-state index in [1.54, 1.807) is 0 Å². The summed E-state index contributed by atoms with van der Waals surface area (Å²) in [5.74, 6) is 0.597. The summed E-state index contributed by atoms with van der Waals surface area (Å²) in [7, 11) is 0. The molecule has 2 rings (SSSR count). The van der Waals surface area contributed by atoms with Gasteiger partial charge in [0.1, 0.15) is 12.4 Å². The summed E-state index contributed by atoms with van der Waals surface area (Å²) in [6.07, 6.45) is 2.74. The second-order valence-corrected chi connectivity index (χ2v) is 4.83. The van der Waals surface area contributed by atoms with Crippen LogP contribution in [0.15, 0.2) is 30.5 Å². The summed E-state index contributed by atoms with van der Waals surface area (Å²) in [6, 6.07) is 7.82. The van der Waals surface area contributed by atoms with Gasteiger partial charge in [-0.1, -0.05) is 11.6 Å². The maximum atomic E-state index is 11.0. The van der Waals surface area contributed by atoms with Crippen LogP contribution in [0.5, 0.6) is 5.75 Å². The second-order valence-electron chi connectivity index (χ2n) is 4.83. The molecular formula is C15H18N2O2. The molecule has 4 heteroatoms. The first-order chi connectivity index (χ1) is 9.10. The molecule has 0 aliphatic carbocycles. The molecule has 100 valence electrons. The zero-order valence-corrected chi connectivity index (χ0v) is 11.5. The highest BCUT2D eigenvalue weighted by atomic mass is 16.5. The van der Waals surface area contributed by atoms with Crippen LogP contribution in [0.1, 0.15) is 41.5 Å². The minimum absolute atomic E-state index is 0.332. The number of rotatable bonds is 5. The number of carbonyl (C=O) groups excluding carboxylic acids is 1. The third-order valence-corrected chi connectivity index (χ3v) is 2.86. The summed E-state index contributed by atoms with van der Waals surface area (Å²) in [6.45, 7) is 6.45. The van der Waals surface area contributed by atoms with E-state index in [-0.39, 0.29) is 0 Å². The average Bonchev–Trinajstić information content (AvgIpc) is 2.86. The lowest BCUT2D eigenvalue weighted by atomic mass is 10.1. The molecule has 0 radical (unpaired) electrons. The molecule has 4 nitrogen and oxygen atoms in total. The van der Waals surface area contributed by atoms with Crippen molar-refractivity contribution >= 4 is 6.29 Å². The largest absolute Gasteiger partial charge is 0.486 e. The monoisotopic (exact) mass is 258 g/mol. The SMILES string of the molecule is Cc1ccc(OCc2ccn(C(C)C)n2)c(C=O)c1. The quantitative estimate of drug-likeness (QED) is 0.774. The molecule has 19 heavy (non-hydrogen) atoms. The molecule has 0 saturated carbocycles.